The summed E-state index contributed by atoms with van der Waals surface area (Å²) in [5.41, 5.74) is 0. The van der Waals surface area contributed by atoms with Crippen molar-refractivity contribution >= 4 is 10.0 Å². The molecular weight excluding hydrogens is 278 g/mol. The molecule has 0 radical (unpaired) electrons. The minimum absolute atomic E-state index is 0.0963. The van der Waals surface area contributed by atoms with Crippen LogP contribution in [0.1, 0.15) is 32.1 Å². The first-order valence-corrected chi connectivity index (χ1v) is 9.41. The molecule has 116 valence electrons. The van der Waals surface area contributed by atoms with Gasteiger partial charge in [-0.15, -0.1) is 0 Å². The maximum Gasteiger partial charge on any atom is 0.214 e. The van der Waals surface area contributed by atoms with E-state index in [-0.39, 0.29) is 17.8 Å². The van der Waals surface area contributed by atoms with Gasteiger partial charge in [-0.25, -0.2) is 8.42 Å². The van der Waals surface area contributed by atoms with Crippen molar-refractivity contribution in [1.29, 1.82) is 0 Å². The van der Waals surface area contributed by atoms with Crippen LogP contribution in [0.3, 0.4) is 0 Å². The molecule has 0 amide bonds. The second kappa shape index (κ2) is 6.30. The average Bonchev–Trinajstić information content (AvgIpc) is 3.14. The Kier molecular flexibility index (Phi) is 4.65. The zero-order chi connectivity index (χ0) is 14.0. The van der Waals surface area contributed by atoms with Crippen molar-refractivity contribution in [3.63, 3.8) is 0 Å². The van der Waals surface area contributed by atoms with Crippen molar-refractivity contribution in [2.24, 2.45) is 11.8 Å². The van der Waals surface area contributed by atoms with Gasteiger partial charge in [0.15, 0.2) is 0 Å². The number of rotatable bonds is 6. The number of piperidine rings is 1. The van der Waals surface area contributed by atoms with Gasteiger partial charge in [0.2, 0.25) is 10.0 Å². The van der Waals surface area contributed by atoms with Crippen LogP contribution in [-0.4, -0.2) is 57.5 Å². The lowest BCUT2D eigenvalue weighted by Gasteiger charge is -2.32. The molecule has 3 aliphatic rings. The third kappa shape index (κ3) is 3.93. The van der Waals surface area contributed by atoms with Gasteiger partial charge in [-0.05, 0) is 43.9 Å². The Morgan fingerprint density at radius 3 is 2.70 bits per heavy atom. The van der Waals surface area contributed by atoms with Crippen LogP contribution in [0.5, 0.6) is 0 Å². The van der Waals surface area contributed by atoms with Gasteiger partial charge in [0, 0.05) is 26.3 Å². The van der Waals surface area contributed by atoms with E-state index in [4.69, 9.17) is 9.47 Å². The van der Waals surface area contributed by atoms with Crippen LogP contribution in [0.4, 0.5) is 0 Å². The Morgan fingerprint density at radius 1 is 1.15 bits per heavy atom. The number of hydrogen-bond donors (Lipinski definition) is 0. The summed E-state index contributed by atoms with van der Waals surface area (Å²) in [6.07, 6.45) is 5.42. The largest absolute Gasteiger partial charge is 0.381 e. The fraction of sp³-hybridized carbons (Fsp3) is 1.00. The van der Waals surface area contributed by atoms with Crippen molar-refractivity contribution in [3.8, 4) is 0 Å². The highest BCUT2D eigenvalue weighted by molar-refractivity contribution is 7.89. The summed E-state index contributed by atoms with van der Waals surface area (Å²) in [4.78, 5) is 0. The van der Waals surface area contributed by atoms with Crippen molar-refractivity contribution < 1.29 is 17.9 Å². The van der Waals surface area contributed by atoms with Crippen LogP contribution in [0.25, 0.3) is 0 Å². The lowest BCUT2D eigenvalue weighted by atomic mass is 10.1. The quantitative estimate of drug-likeness (QED) is 0.741. The Balaban J connectivity index is 1.51. The summed E-state index contributed by atoms with van der Waals surface area (Å²) in [7, 11) is -3.15. The third-order valence-electron chi connectivity index (χ3n) is 4.47. The van der Waals surface area contributed by atoms with Gasteiger partial charge in [-0.2, -0.15) is 4.31 Å². The second-order valence-electron chi connectivity index (χ2n) is 6.41. The molecule has 2 aliphatic heterocycles. The van der Waals surface area contributed by atoms with Gasteiger partial charge in [-0.3, -0.25) is 0 Å². The van der Waals surface area contributed by atoms with Crippen LogP contribution >= 0.6 is 0 Å². The van der Waals surface area contributed by atoms with E-state index in [0.29, 0.717) is 26.3 Å². The SMILES string of the molecule is O=S(=O)(CC1CCOC1)N1CCCC(OCC2CC2)C1. The molecule has 3 rings (SSSR count). The Hall–Kier alpha value is -0.170. The standard InChI is InChI=1S/C14H25NO4S/c16-20(17,11-13-5-7-18-9-13)15-6-1-2-14(8-15)19-10-12-3-4-12/h12-14H,1-11H2. The van der Waals surface area contributed by atoms with Gasteiger partial charge >= 0.3 is 0 Å². The number of ether oxygens (including phenoxy) is 2. The minimum atomic E-state index is -3.15. The Bertz CT molecular complexity index is 415. The maximum absolute atomic E-state index is 12.5. The fourth-order valence-corrected chi connectivity index (χ4v) is 4.84. The lowest BCUT2D eigenvalue weighted by molar-refractivity contribution is 0.0132. The second-order valence-corrected chi connectivity index (χ2v) is 8.42. The van der Waals surface area contributed by atoms with Crippen LogP contribution in [0.2, 0.25) is 0 Å². The Morgan fingerprint density at radius 2 is 2.00 bits per heavy atom. The molecule has 1 aliphatic carbocycles. The highest BCUT2D eigenvalue weighted by Crippen LogP contribution is 2.30. The molecule has 0 aromatic carbocycles. The van der Waals surface area contributed by atoms with Crippen molar-refractivity contribution in [2.45, 2.75) is 38.2 Å². The predicted molar refractivity (Wildman–Crippen MR) is 76.0 cm³/mol. The van der Waals surface area contributed by atoms with Gasteiger partial charge < -0.3 is 9.47 Å². The van der Waals surface area contributed by atoms with Crippen molar-refractivity contribution in [3.05, 3.63) is 0 Å². The highest BCUT2D eigenvalue weighted by atomic mass is 32.2. The van der Waals surface area contributed by atoms with Gasteiger partial charge in [0.05, 0.1) is 18.5 Å². The van der Waals surface area contributed by atoms with Crippen LogP contribution in [0.15, 0.2) is 0 Å². The number of nitrogens with zero attached hydrogens (tertiary/aromatic N) is 1. The van der Waals surface area contributed by atoms with Crippen LogP contribution in [0, 0.1) is 11.8 Å². The van der Waals surface area contributed by atoms with E-state index < -0.39 is 10.0 Å². The molecule has 0 N–H and O–H groups in total. The summed E-state index contributed by atoms with van der Waals surface area (Å²) >= 11 is 0. The monoisotopic (exact) mass is 303 g/mol. The van der Waals surface area contributed by atoms with E-state index in [0.717, 1.165) is 31.8 Å². The first kappa shape index (κ1) is 14.8. The molecule has 0 spiro atoms. The van der Waals surface area contributed by atoms with Crippen LogP contribution < -0.4 is 0 Å². The zero-order valence-corrected chi connectivity index (χ0v) is 12.8. The van der Waals surface area contributed by atoms with E-state index in [1.807, 2.05) is 0 Å². The third-order valence-corrected chi connectivity index (χ3v) is 6.48. The molecule has 2 unspecified atom stereocenters. The average molecular weight is 303 g/mol. The predicted octanol–water partition coefficient (Wildman–Crippen LogP) is 1.24. The van der Waals surface area contributed by atoms with Gasteiger partial charge in [0.1, 0.15) is 0 Å². The molecule has 0 aromatic heterocycles. The molecule has 5 nitrogen and oxygen atoms in total. The number of sulfonamides is 1. The maximum atomic E-state index is 12.5. The lowest BCUT2D eigenvalue weighted by Crippen LogP contribution is -2.45. The first-order valence-electron chi connectivity index (χ1n) is 7.80. The topological polar surface area (TPSA) is 55.8 Å². The summed E-state index contributed by atoms with van der Waals surface area (Å²) < 4.78 is 37.7. The summed E-state index contributed by atoms with van der Waals surface area (Å²) in [6.45, 7) is 3.30. The van der Waals surface area contributed by atoms with E-state index in [9.17, 15) is 8.42 Å². The minimum Gasteiger partial charge on any atom is -0.381 e. The molecule has 2 saturated heterocycles. The number of hydrogen-bond acceptors (Lipinski definition) is 4. The molecule has 20 heavy (non-hydrogen) atoms. The van der Waals surface area contributed by atoms with E-state index in [2.05, 4.69) is 0 Å². The van der Waals surface area contributed by atoms with Crippen LogP contribution in [-0.2, 0) is 19.5 Å². The Labute approximate surface area is 121 Å². The van der Waals surface area contributed by atoms with Gasteiger partial charge in [-0.1, -0.05) is 0 Å². The zero-order valence-electron chi connectivity index (χ0n) is 12.0. The van der Waals surface area contributed by atoms with E-state index in [1.165, 1.54) is 12.8 Å². The fourth-order valence-electron chi connectivity index (χ4n) is 2.97. The highest BCUT2D eigenvalue weighted by Gasteiger charge is 2.33. The smallest absolute Gasteiger partial charge is 0.214 e. The molecular formula is C14H25NO4S. The van der Waals surface area contributed by atoms with Crippen molar-refractivity contribution in [2.75, 3.05) is 38.7 Å². The van der Waals surface area contributed by atoms with Crippen molar-refractivity contribution in [1.82, 2.24) is 4.31 Å². The van der Waals surface area contributed by atoms with E-state index >= 15 is 0 Å². The molecule has 2 heterocycles. The molecule has 3 fully saturated rings. The molecule has 0 bridgehead atoms. The molecule has 1 saturated carbocycles. The molecule has 6 heteroatoms. The molecule has 2 atom stereocenters. The van der Waals surface area contributed by atoms with Gasteiger partial charge in [0.25, 0.3) is 0 Å². The van der Waals surface area contributed by atoms with E-state index in [1.54, 1.807) is 4.31 Å². The molecule has 0 aromatic rings. The summed E-state index contributed by atoms with van der Waals surface area (Å²) in [6, 6.07) is 0. The normalized spacial score (nSPS) is 32.6. The summed E-state index contributed by atoms with van der Waals surface area (Å²) in [5.74, 6) is 1.15. The first-order chi connectivity index (χ1) is 9.63. The summed E-state index contributed by atoms with van der Waals surface area (Å²) in [5, 5.41) is 0.